The molecular weight excluding hydrogens is 417 g/mol. The van der Waals surface area contributed by atoms with Crippen LogP contribution in [-0.2, 0) is 7.05 Å². The molecule has 0 radical (unpaired) electrons. The molecule has 0 amide bonds. The Balaban J connectivity index is 1.23. The molecule has 2 bridgehead atoms. The minimum Gasteiger partial charge on any atom is -0.297 e. The molecule has 2 saturated heterocycles. The smallest absolute Gasteiger partial charge is 0.159 e. The third kappa shape index (κ3) is 3.54. The summed E-state index contributed by atoms with van der Waals surface area (Å²) in [4.78, 5) is 11.4. The zero-order valence-corrected chi connectivity index (χ0v) is 18.7. The molecule has 0 N–H and O–H groups in total. The van der Waals surface area contributed by atoms with Crippen molar-refractivity contribution < 1.29 is 4.39 Å². The molecule has 8 heteroatoms. The predicted octanol–water partition coefficient (Wildman–Crippen LogP) is 4.15. The van der Waals surface area contributed by atoms with Crippen LogP contribution < -0.4 is 0 Å². The molecule has 33 heavy (non-hydrogen) atoms. The highest BCUT2D eigenvalue weighted by Crippen LogP contribution is 2.41. The molecule has 1 aromatic carbocycles. The average Bonchev–Trinajstić information content (AvgIpc) is 3.55. The number of piperidine rings is 1. The van der Waals surface area contributed by atoms with Crippen molar-refractivity contribution in [2.24, 2.45) is 7.05 Å². The number of aryl methyl sites for hydroxylation is 1. The molecule has 6 rings (SSSR count). The molecule has 3 aromatic heterocycles. The van der Waals surface area contributed by atoms with E-state index in [1.807, 2.05) is 61.9 Å². The zero-order valence-electron chi connectivity index (χ0n) is 18.7. The number of nitrogens with zero attached hydrogens (tertiary/aromatic N) is 7. The lowest BCUT2D eigenvalue weighted by Gasteiger charge is -2.39. The van der Waals surface area contributed by atoms with Crippen LogP contribution in [0.2, 0.25) is 0 Å². The van der Waals surface area contributed by atoms with Gasteiger partial charge in [-0.05, 0) is 37.9 Å². The van der Waals surface area contributed by atoms with Gasteiger partial charge in [-0.1, -0.05) is 18.2 Å². The van der Waals surface area contributed by atoms with E-state index in [4.69, 9.17) is 0 Å². The lowest BCUT2D eigenvalue weighted by molar-refractivity contribution is 0.0402. The van der Waals surface area contributed by atoms with Crippen LogP contribution in [0.4, 0.5) is 4.39 Å². The highest BCUT2D eigenvalue weighted by Gasteiger charge is 2.46. The van der Waals surface area contributed by atoms with Crippen molar-refractivity contribution in [2.75, 3.05) is 7.05 Å². The van der Waals surface area contributed by atoms with Crippen LogP contribution in [-0.4, -0.2) is 59.7 Å². The van der Waals surface area contributed by atoms with E-state index < -0.39 is 6.17 Å². The van der Waals surface area contributed by atoms with E-state index in [-0.39, 0.29) is 12.1 Å². The van der Waals surface area contributed by atoms with Gasteiger partial charge in [-0.3, -0.25) is 14.3 Å². The van der Waals surface area contributed by atoms with Crippen LogP contribution >= 0.6 is 0 Å². The SMILES string of the molecule is CN1C2CCC1C(F)C(n1cc(-c3cnc(-c4cccc(-c5cnn(C)c5)c4)nc3)cn1)C2. The Hall–Kier alpha value is -3.39. The van der Waals surface area contributed by atoms with Crippen LogP contribution in [0.25, 0.3) is 33.6 Å². The second kappa shape index (κ2) is 7.88. The van der Waals surface area contributed by atoms with Crippen LogP contribution in [0.1, 0.15) is 25.3 Å². The maximum atomic E-state index is 15.2. The molecule has 4 atom stereocenters. The summed E-state index contributed by atoms with van der Waals surface area (Å²) in [7, 11) is 3.95. The fourth-order valence-corrected chi connectivity index (χ4v) is 5.33. The monoisotopic (exact) mass is 443 g/mol. The Kier molecular flexibility index (Phi) is 4.83. The van der Waals surface area contributed by atoms with Crippen molar-refractivity contribution in [1.82, 2.24) is 34.4 Å². The first-order valence-electron chi connectivity index (χ1n) is 11.4. The van der Waals surface area contributed by atoms with Crippen molar-refractivity contribution in [3.63, 3.8) is 0 Å². The van der Waals surface area contributed by atoms with Crippen LogP contribution in [0.5, 0.6) is 0 Å². The fraction of sp³-hybridized carbons (Fsp3) is 0.360. The molecule has 0 aliphatic carbocycles. The largest absolute Gasteiger partial charge is 0.297 e. The number of benzene rings is 1. The zero-order chi connectivity index (χ0) is 22.5. The molecule has 0 saturated carbocycles. The third-order valence-corrected chi connectivity index (χ3v) is 7.23. The van der Waals surface area contributed by atoms with Gasteiger partial charge in [0, 0.05) is 66.2 Å². The highest BCUT2D eigenvalue weighted by atomic mass is 19.1. The number of alkyl halides is 1. The summed E-state index contributed by atoms with van der Waals surface area (Å²) in [6.07, 6.45) is 13.1. The first kappa shape index (κ1) is 20.2. The maximum absolute atomic E-state index is 15.2. The highest BCUT2D eigenvalue weighted by molar-refractivity contribution is 5.70. The van der Waals surface area contributed by atoms with Gasteiger partial charge in [-0.2, -0.15) is 10.2 Å². The molecular formula is C25H26FN7. The molecule has 4 unspecified atom stereocenters. The van der Waals surface area contributed by atoms with Crippen molar-refractivity contribution >= 4 is 0 Å². The van der Waals surface area contributed by atoms with E-state index >= 15 is 4.39 Å². The Labute approximate surface area is 191 Å². The minimum atomic E-state index is -0.896. The van der Waals surface area contributed by atoms with Crippen molar-refractivity contribution in [2.45, 2.75) is 43.6 Å². The number of halogens is 1. The second-order valence-corrected chi connectivity index (χ2v) is 9.20. The lowest BCUT2D eigenvalue weighted by Crippen LogP contribution is -2.48. The summed E-state index contributed by atoms with van der Waals surface area (Å²) in [5.41, 5.74) is 4.85. The standard InChI is InChI=1S/C25H26FN7/c1-31-14-19(12-29-31)16-4-3-5-17(8-16)25-27-10-18(11-28-25)20-13-30-33(15-20)23-9-21-6-7-22(24(23)26)32(21)2/h3-5,8,10-15,21-24H,6-7,9H2,1-2H3. The summed E-state index contributed by atoms with van der Waals surface area (Å²) in [6, 6.07) is 8.37. The molecule has 4 aromatic rings. The lowest BCUT2D eigenvalue weighted by atomic mass is 9.96. The topological polar surface area (TPSA) is 64.7 Å². The molecule has 7 nitrogen and oxygen atoms in total. The maximum Gasteiger partial charge on any atom is 0.159 e. The van der Waals surface area contributed by atoms with Gasteiger partial charge in [0.25, 0.3) is 0 Å². The van der Waals surface area contributed by atoms with Crippen LogP contribution in [0.15, 0.2) is 61.4 Å². The Morgan fingerprint density at radius 3 is 2.36 bits per heavy atom. The van der Waals surface area contributed by atoms with Gasteiger partial charge in [0.2, 0.25) is 0 Å². The van der Waals surface area contributed by atoms with E-state index in [1.54, 1.807) is 10.9 Å². The summed E-state index contributed by atoms with van der Waals surface area (Å²) < 4.78 is 18.7. The molecule has 5 heterocycles. The molecule has 2 aliphatic rings. The first-order valence-corrected chi connectivity index (χ1v) is 11.4. The Bertz CT molecular complexity index is 1280. The quantitative estimate of drug-likeness (QED) is 0.474. The fourth-order valence-electron chi connectivity index (χ4n) is 5.33. The van der Waals surface area contributed by atoms with Gasteiger partial charge in [-0.25, -0.2) is 14.4 Å². The molecule has 2 aliphatic heterocycles. The van der Waals surface area contributed by atoms with E-state index in [2.05, 4.69) is 37.2 Å². The second-order valence-electron chi connectivity index (χ2n) is 9.20. The normalized spacial score (nSPS) is 24.9. The summed E-state index contributed by atoms with van der Waals surface area (Å²) in [5.74, 6) is 0.660. The van der Waals surface area contributed by atoms with E-state index in [1.165, 1.54) is 0 Å². The minimum absolute atomic E-state index is 0.00597. The van der Waals surface area contributed by atoms with Crippen molar-refractivity contribution in [3.05, 3.63) is 61.4 Å². The Morgan fingerprint density at radius 2 is 1.58 bits per heavy atom. The van der Waals surface area contributed by atoms with Crippen LogP contribution in [0, 0.1) is 0 Å². The average molecular weight is 444 g/mol. The molecule has 0 spiro atoms. The van der Waals surface area contributed by atoms with E-state index in [9.17, 15) is 0 Å². The van der Waals surface area contributed by atoms with E-state index in [0.717, 1.165) is 47.1 Å². The number of fused-ring (bicyclic) bond motifs is 2. The predicted molar refractivity (Wildman–Crippen MR) is 124 cm³/mol. The van der Waals surface area contributed by atoms with Crippen molar-refractivity contribution in [1.29, 1.82) is 0 Å². The third-order valence-electron chi connectivity index (χ3n) is 7.23. The van der Waals surface area contributed by atoms with Gasteiger partial charge in [0.15, 0.2) is 5.82 Å². The van der Waals surface area contributed by atoms with Gasteiger partial charge >= 0.3 is 0 Å². The van der Waals surface area contributed by atoms with Crippen molar-refractivity contribution in [3.8, 4) is 33.6 Å². The van der Waals surface area contributed by atoms with Crippen LogP contribution in [0.3, 0.4) is 0 Å². The number of hydrogen-bond acceptors (Lipinski definition) is 5. The van der Waals surface area contributed by atoms with Gasteiger partial charge in [-0.15, -0.1) is 0 Å². The van der Waals surface area contributed by atoms with E-state index in [0.29, 0.717) is 11.9 Å². The number of hydrogen-bond donors (Lipinski definition) is 0. The van der Waals surface area contributed by atoms with Gasteiger partial charge in [0.1, 0.15) is 6.17 Å². The molecule has 2 fully saturated rings. The first-order chi connectivity index (χ1) is 16.1. The summed E-state index contributed by atoms with van der Waals surface area (Å²) in [6.45, 7) is 0. The van der Waals surface area contributed by atoms with Gasteiger partial charge < -0.3 is 0 Å². The molecule has 168 valence electrons. The number of aromatic nitrogens is 6. The number of rotatable bonds is 4. The summed E-state index contributed by atoms with van der Waals surface area (Å²) >= 11 is 0. The Morgan fingerprint density at radius 1 is 0.818 bits per heavy atom. The summed E-state index contributed by atoms with van der Waals surface area (Å²) in [5, 5.41) is 8.76. The van der Waals surface area contributed by atoms with Gasteiger partial charge in [0.05, 0.1) is 18.4 Å².